The van der Waals surface area contributed by atoms with E-state index < -0.39 is 0 Å². The number of pyridine rings is 1. The van der Waals surface area contributed by atoms with E-state index in [1.165, 1.54) is 0 Å². The van der Waals surface area contributed by atoms with E-state index >= 15 is 0 Å². The van der Waals surface area contributed by atoms with E-state index in [0.29, 0.717) is 17.4 Å². The number of nitrogens with one attached hydrogen (secondary N) is 1. The molecule has 2 rings (SSSR count). The molecule has 0 bridgehead atoms. The summed E-state index contributed by atoms with van der Waals surface area (Å²) in [6.45, 7) is 0.470. The zero-order valence-electron chi connectivity index (χ0n) is 9.61. The van der Waals surface area contributed by atoms with Gasteiger partial charge in [-0.15, -0.1) is 0 Å². The van der Waals surface area contributed by atoms with Gasteiger partial charge in [-0.1, -0.05) is 41.9 Å². The fourth-order valence-corrected chi connectivity index (χ4v) is 2.33. The van der Waals surface area contributed by atoms with Gasteiger partial charge < -0.3 is 11.1 Å². The molecule has 1 atom stereocenters. The average Bonchev–Trinajstić information content (AvgIpc) is 2.39. The first-order chi connectivity index (χ1) is 8.70. The Labute approximate surface area is 119 Å². The maximum Gasteiger partial charge on any atom is 0.145 e. The Morgan fingerprint density at radius 3 is 2.67 bits per heavy atom. The van der Waals surface area contributed by atoms with Gasteiger partial charge in [0, 0.05) is 17.2 Å². The predicted molar refractivity (Wildman–Crippen MR) is 78.8 cm³/mol. The van der Waals surface area contributed by atoms with Crippen molar-refractivity contribution in [2.75, 3.05) is 11.9 Å². The number of rotatable bonds is 4. The molecular formula is C13H13BrClN3. The number of aromatic nitrogens is 1. The highest BCUT2D eigenvalue weighted by Crippen LogP contribution is 2.26. The fourth-order valence-electron chi connectivity index (χ4n) is 1.65. The molecular weight excluding hydrogens is 314 g/mol. The minimum atomic E-state index is -0.00243. The number of hydrogen-bond acceptors (Lipinski definition) is 3. The van der Waals surface area contributed by atoms with Crippen LogP contribution >= 0.6 is 27.5 Å². The molecule has 0 radical (unpaired) electrons. The highest BCUT2D eigenvalue weighted by molar-refractivity contribution is 9.10. The van der Waals surface area contributed by atoms with Crippen molar-refractivity contribution >= 4 is 33.3 Å². The molecule has 0 saturated carbocycles. The minimum absolute atomic E-state index is 0.00243. The second-order valence-electron chi connectivity index (χ2n) is 3.83. The van der Waals surface area contributed by atoms with Crippen LogP contribution in [0, 0.1) is 0 Å². The highest BCUT2D eigenvalue weighted by atomic mass is 79.9. The average molecular weight is 327 g/mol. The van der Waals surface area contributed by atoms with E-state index in [1.807, 2.05) is 30.3 Å². The van der Waals surface area contributed by atoms with Crippen molar-refractivity contribution < 1.29 is 0 Å². The summed E-state index contributed by atoms with van der Waals surface area (Å²) in [4.78, 5) is 4.25. The third-order valence-electron chi connectivity index (χ3n) is 2.56. The van der Waals surface area contributed by atoms with Gasteiger partial charge >= 0.3 is 0 Å². The van der Waals surface area contributed by atoms with Crippen molar-refractivity contribution in [3.63, 3.8) is 0 Å². The molecule has 1 unspecified atom stereocenters. The van der Waals surface area contributed by atoms with Gasteiger partial charge in [-0.05, 0) is 27.6 Å². The number of hydrogen-bond donors (Lipinski definition) is 2. The standard InChI is InChI=1S/C13H13BrClN3/c14-10-6-11(15)13(17-8-10)18-12(7-16)9-4-2-1-3-5-9/h1-6,8,12H,7,16H2,(H,17,18). The summed E-state index contributed by atoms with van der Waals surface area (Å²) in [5.74, 6) is 0.638. The van der Waals surface area contributed by atoms with E-state index in [-0.39, 0.29) is 6.04 Å². The molecule has 0 amide bonds. The van der Waals surface area contributed by atoms with Crippen molar-refractivity contribution in [2.24, 2.45) is 5.73 Å². The smallest absolute Gasteiger partial charge is 0.145 e. The maximum atomic E-state index is 6.12. The van der Waals surface area contributed by atoms with Gasteiger partial charge in [0.05, 0.1) is 11.1 Å². The van der Waals surface area contributed by atoms with Gasteiger partial charge in [0.25, 0.3) is 0 Å². The van der Waals surface area contributed by atoms with Crippen LogP contribution in [0.3, 0.4) is 0 Å². The SMILES string of the molecule is NCC(Nc1ncc(Br)cc1Cl)c1ccccc1. The third kappa shape index (κ3) is 3.22. The summed E-state index contributed by atoms with van der Waals surface area (Å²) in [6, 6.07) is 11.8. The lowest BCUT2D eigenvalue weighted by atomic mass is 10.1. The second kappa shape index (κ2) is 6.18. The Kier molecular flexibility index (Phi) is 4.58. The Bertz CT molecular complexity index is 519. The molecule has 0 spiro atoms. The van der Waals surface area contributed by atoms with E-state index in [9.17, 15) is 0 Å². The number of nitrogens with two attached hydrogens (primary N) is 1. The summed E-state index contributed by atoms with van der Waals surface area (Å²) in [5.41, 5.74) is 6.90. The number of anilines is 1. The van der Waals surface area contributed by atoms with Crippen LogP contribution in [0.1, 0.15) is 11.6 Å². The Hall–Kier alpha value is -1.10. The Balaban J connectivity index is 2.21. The van der Waals surface area contributed by atoms with E-state index in [0.717, 1.165) is 10.0 Å². The van der Waals surface area contributed by atoms with Crippen LogP contribution < -0.4 is 11.1 Å². The first kappa shape index (κ1) is 13.3. The molecule has 0 fully saturated rings. The summed E-state index contributed by atoms with van der Waals surface area (Å²) >= 11 is 9.45. The quantitative estimate of drug-likeness (QED) is 0.902. The summed E-state index contributed by atoms with van der Waals surface area (Å²) < 4.78 is 0.849. The molecule has 5 heteroatoms. The maximum absolute atomic E-state index is 6.12. The molecule has 94 valence electrons. The largest absolute Gasteiger partial charge is 0.361 e. The zero-order valence-corrected chi connectivity index (χ0v) is 11.9. The Morgan fingerprint density at radius 1 is 1.33 bits per heavy atom. The van der Waals surface area contributed by atoms with Gasteiger partial charge in [-0.2, -0.15) is 0 Å². The first-order valence-electron chi connectivity index (χ1n) is 5.53. The van der Waals surface area contributed by atoms with Crippen LogP contribution in [0.5, 0.6) is 0 Å². The summed E-state index contributed by atoms with van der Waals surface area (Å²) in [5, 5.41) is 3.82. The Morgan fingerprint density at radius 2 is 2.06 bits per heavy atom. The van der Waals surface area contributed by atoms with E-state index in [4.69, 9.17) is 17.3 Å². The molecule has 0 aliphatic rings. The van der Waals surface area contributed by atoms with Crippen LogP contribution in [0.4, 0.5) is 5.82 Å². The van der Waals surface area contributed by atoms with E-state index in [2.05, 4.69) is 26.2 Å². The van der Waals surface area contributed by atoms with Crippen LogP contribution in [0.25, 0.3) is 0 Å². The van der Waals surface area contributed by atoms with Crippen molar-refractivity contribution in [1.29, 1.82) is 0 Å². The molecule has 3 N–H and O–H groups in total. The number of nitrogens with zero attached hydrogens (tertiary/aromatic N) is 1. The van der Waals surface area contributed by atoms with Crippen molar-refractivity contribution in [3.8, 4) is 0 Å². The van der Waals surface area contributed by atoms with Crippen LogP contribution in [0.15, 0.2) is 47.1 Å². The lowest BCUT2D eigenvalue weighted by molar-refractivity contribution is 0.784. The van der Waals surface area contributed by atoms with Crippen LogP contribution in [0.2, 0.25) is 5.02 Å². The normalized spacial score (nSPS) is 12.2. The number of halogens is 2. The minimum Gasteiger partial charge on any atom is -0.361 e. The fraction of sp³-hybridized carbons (Fsp3) is 0.154. The van der Waals surface area contributed by atoms with Gasteiger partial charge in [-0.3, -0.25) is 0 Å². The van der Waals surface area contributed by atoms with Gasteiger partial charge in [0.15, 0.2) is 0 Å². The molecule has 0 aliphatic heterocycles. The van der Waals surface area contributed by atoms with Crippen molar-refractivity contribution in [3.05, 3.63) is 57.7 Å². The second-order valence-corrected chi connectivity index (χ2v) is 5.15. The third-order valence-corrected chi connectivity index (χ3v) is 3.28. The summed E-state index contributed by atoms with van der Waals surface area (Å²) in [7, 11) is 0. The van der Waals surface area contributed by atoms with Crippen molar-refractivity contribution in [2.45, 2.75) is 6.04 Å². The highest BCUT2D eigenvalue weighted by Gasteiger charge is 2.11. The molecule has 0 aliphatic carbocycles. The molecule has 1 heterocycles. The van der Waals surface area contributed by atoms with Gasteiger partial charge in [-0.25, -0.2) is 4.98 Å². The molecule has 0 saturated heterocycles. The van der Waals surface area contributed by atoms with Gasteiger partial charge in [0.2, 0.25) is 0 Å². The van der Waals surface area contributed by atoms with Crippen LogP contribution in [-0.4, -0.2) is 11.5 Å². The topological polar surface area (TPSA) is 50.9 Å². The lowest BCUT2D eigenvalue weighted by Crippen LogP contribution is -2.21. The van der Waals surface area contributed by atoms with Crippen molar-refractivity contribution in [1.82, 2.24) is 4.98 Å². The van der Waals surface area contributed by atoms with E-state index in [1.54, 1.807) is 12.3 Å². The molecule has 1 aromatic carbocycles. The molecule has 2 aromatic rings. The first-order valence-corrected chi connectivity index (χ1v) is 6.70. The van der Waals surface area contributed by atoms with Crippen LogP contribution in [-0.2, 0) is 0 Å². The zero-order chi connectivity index (χ0) is 13.0. The monoisotopic (exact) mass is 325 g/mol. The predicted octanol–water partition coefficient (Wildman–Crippen LogP) is 3.61. The van der Waals surface area contributed by atoms with Gasteiger partial charge in [0.1, 0.15) is 5.82 Å². The lowest BCUT2D eigenvalue weighted by Gasteiger charge is -2.18. The summed E-state index contributed by atoms with van der Waals surface area (Å²) in [6.07, 6.45) is 1.70. The molecule has 3 nitrogen and oxygen atoms in total. The number of benzene rings is 1. The molecule has 1 aromatic heterocycles. The molecule has 18 heavy (non-hydrogen) atoms.